The van der Waals surface area contributed by atoms with Crippen LogP contribution in [0.3, 0.4) is 0 Å². The molecule has 0 aromatic heterocycles. The molecule has 3 atom stereocenters. The molecule has 12 nitrogen and oxygen atoms in total. The van der Waals surface area contributed by atoms with Crippen LogP contribution in [0.25, 0.3) is 0 Å². The van der Waals surface area contributed by atoms with Crippen LogP contribution in [0.4, 0.5) is 14.4 Å². The Morgan fingerprint density at radius 3 is 2.11 bits per heavy atom. The molecule has 0 aliphatic carbocycles. The fraction of sp³-hybridized carbons (Fsp3) is 0.531. The van der Waals surface area contributed by atoms with Gasteiger partial charge in [0.2, 0.25) is 0 Å². The monoisotopic (exact) mass is 612 g/mol. The van der Waals surface area contributed by atoms with Gasteiger partial charge in [-0.1, -0.05) is 54.6 Å². The summed E-state index contributed by atoms with van der Waals surface area (Å²) in [4.78, 5) is 40.9. The van der Waals surface area contributed by atoms with Gasteiger partial charge in [-0.15, -0.1) is 0 Å². The van der Waals surface area contributed by atoms with Gasteiger partial charge in [0.05, 0.1) is 19.8 Å². The number of amides is 4. The number of hydrogen-bond acceptors (Lipinski definition) is 8. The van der Waals surface area contributed by atoms with Gasteiger partial charge in [-0.2, -0.15) is 0 Å². The minimum absolute atomic E-state index is 0.210. The third-order valence-corrected chi connectivity index (χ3v) is 7.31. The average molecular weight is 613 g/mol. The molecule has 0 unspecified atom stereocenters. The van der Waals surface area contributed by atoms with E-state index in [0.717, 1.165) is 16.7 Å². The molecule has 2 aliphatic heterocycles. The summed E-state index contributed by atoms with van der Waals surface area (Å²) in [6, 6.07) is 17.0. The predicted octanol–water partition coefficient (Wildman–Crippen LogP) is 3.41. The van der Waals surface area contributed by atoms with Crippen LogP contribution in [-0.2, 0) is 38.6 Å². The Morgan fingerprint density at radius 2 is 1.50 bits per heavy atom. The number of benzene rings is 2. The molecule has 240 valence electrons. The molecule has 2 heterocycles. The van der Waals surface area contributed by atoms with Crippen molar-refractivity contribution in [3.8, 4) is 0 Å². The predicted molar refractivity (Wildman–Crippen MR) is 162 cm³/mol. The van der Waals surface area contributed by atoms with Gasteiger partial charge in [0, 0.05) is 45.7 Å². The summed E-state index contributed by atoms with van der Waals surface area (Å²) in [5.74, 6) is 0. The molecule has 2 fully saturated rings. The quantitative estimate of drug-likeness (QED) is 0.392. The number of carbonyl (C=O) groups excluding carboxylic acids is 3. The Bertz CT molecular complexity index is 1210. The first-order valence-corrected chi connectivity index (χ1v) is 15.0. The molecule has 44 heavy (non-hydrogen) atoms. The summed E-state index contributed by atoms with van der Waals surface area (Å²) < 4.78 is 22.8. The largest absolute Gasteiger partial charge is 0.444 e. The van der Waals surface area contributed by atoms with Gasteiger partial charge >= 0.3 is 18.2 Å². The van der Waals surface area contributed by atoms with Crippen LogP contribution in [0, 0.1) is 0 Å². The Balaban J connectivity index is 1.18. The molecule has 0 bridgehead atoms. The molecule has 2 saturated heterocycles. The fourth-order valence-corrected chi connectivity index (χ4v) is 4.95. The number of rotatable bonds is 9. The fourth-order valence-electron chi connectivity index (χ4n) is 4.95. The molecular formula is C32H44N4O8. The number of piperazine rings is 1. The zero-order valence-electron chi connectivity index (χ0n) is 25.7. The SMILES string of the molecule is CC(C)(C)OC(=O)NCc1ccc(CNC(=O)N2CCN(C(=O)O[C@@H]3CCO[C@H](CO)[C@H]3OCc3ccccc3)CC2)cc1. The third kappa shape index (κ3) is 10.1. The number of urea groups is 1. The number of alkyl carbamates (subject to hydrolysis) is 1. The molecule has 3 N–H and O–H groups in total. The minimum atomic E-state index is -0.597. The van der Waals surface area contributed by atoms with Crippen molar-refractivity contribution in [2.24, 2.45) is 0 Å². The van der Waals surface area contributed by atoms with E-state index in [0.29, 0.717) is 58.9 Å². The zero-order chi connectivity index (χ0) is 31.5. The van der Waals surface area contributed by atoms with Crippen molar-refractivity contribution in [2.75, 3.05) is 39.4 Å². The zero-order valence-corrected chi connectivity index (χ0v) is 25.7. The Morgan fingerprint density at radius 1 is 0.886 bits per heavy atom. The third-order valence-electron chi connectivity index (χ3n) is 7.31. The summed E-state index contributed by atoms with van der Waals surface area (Å²) >= 11 is 0. The second-order valence-electron chi connectivity index (χ2n) is 11.9. The maximum absolute atomic E-state index is 13.0. The minimum Gasteiger partial charge on any atom is -0.444 e. The standard InChI is InChI=1S/C32H44N4O8/c1-32(2,3)44-30(39)34-20-24-11-9-23(10-12-24)19-33-29(38)35-14-16-36(17-15-35)31(40)43-26-13-18-41-27(21-37)28(26)42-22-25-7-5-4-6-8-25/h4-12,26-28,37H,13-22H2,1-3H3,(H,33,38)(H,34,39)/t26-,27-,28+/m1/s1. The molecule has 12 heteroatoms. The highest BCUT2D eigenvalue weighted by molar-refractivity contribution is 5.75. The highest BCUT2D eigenvalue weighted by atomic mass is 16.6. The van der Waals surface area contributed by atoms with Gasteiger partial charge in [-0.05, 0) is 37.5 Å². The molecular weight excluding hydrogens is 568 g/mol. The molecule has 2 aromatic rings. The van der Waals surface area contributed by atoms with Crippen LogP contribution < -0.4 is 10.6 Å². The second-order valence-corrected chi connectivity index (χ2v) is 11.9. The van der Waals surface area contributed by atoms with Crippen LogP contribution in [0.1, 0.15) is 43.9 Å². The number of nitrogens with zero attached hydrogens (tertiary/aromatic N) is 2. The van der Waals surface area contributed by atoms with Crippen molar-refractivity contribution in [1.29, 1.82) is 0 Å². The van der Waals surface area contributed by atoms with Crippen LogP contribution in [0.5, 0.6) is 0 Å². The first-order chi connectivity index (χ1) is 21.1. The highest BCUT2D eigenvalue weighted by Gasteiger charge is 2.38. The Labute approximate surface area is 258 Å². The first-order valence-electron chi connectivity index (χ1n) is 15.0. The van der Waals surface area contributed by atoms with E-state index in [-0.39, 0.29) is 12.6 Å². The number of aliphatic hydroxyl groups is 1. The summed E-state index contributed by atoms with van der Waals surface area (Å²) in [6.45, 7) is 7.97. The lowest BCUT2D eigenvalue weighted by molar-refractivity contribution is -0.177. The molecule has 2 aromatic carbocycles. The Kier molecular flexibility index (Phi) is 11.8. The van der Waals surface area contributed by atoms with Gasteiger partial charge in [0.25, 0.3) is 0 Å². The van der Waals surface area contributed by atoms with Crippen molar-refractivity contribution in [1.82, 2.24) is 20.4 Å². The van der Waals surface area contributed by atoms with E-state index in [2.05, 4.69) is 10.6 Å². The van der Waals surface area contributed by atoms with E-state index < -0.39 is 36.1 Å². The molecule has 0 spiro atoms. The van der Waals surface area contributed by atoms with E-state index in [9.17, 15) is 19.5 Å². The van der Waals surface area contributed by atoms with E-state index in [1.165, 1.54) is 0 Å². The van der Waals surface area contributed by atoms with Crippen molar-refractivity contribution >= 4 is 18.2 Å². The number of aliphatic hydroxyl groups excluding tert-OH is 1. The summed E-state index contributed by atoms with van der Waals surface area (Å²) in [7, 11) is 0. The second kappa shape index (κ2) is 15.7. The van der Waals surface area contributed by atoms with Gasteiger partial charge < -0.3 is 44.5 Å². The number of carbonyl (C=O) groups is 3. The van der Waals surface area contributed by atoms with E-state index in [4.69, 9.17) is 18.9 Å². The van der Waals surface area contributed by atoms with Crippen molar-refractivity contribution in [2.45, 2.75) is 70.8 Å². The summed E-state index contributed by atoms with van der Waals surface area (Å²) in [6.07, 6.45) is -2.22. The van der Waals surface area contributed by atoms with E-state index in [1.54, 1.807) is 9.80 Å². The molecule has 2 aliphatic rings. The smallest absolute Gasteiger partial charge is 0.410 e. The lowest BCUT2D eigenvalue weighted by Gasteiger charge is -2.39. The average Bonchev–Trinajstić information content (AvgIpc) is 3.02. The molecule has 4 amide bonds. The molecule has 4 rings (SSSR count). The first kappa shape index (κ1) is 33.0. The molecule has 0 radical (unpaired) electrons. The van der Waals surface area contributed by atoms with Crippen LogP contribution in [-0.4, -0.2) is 96.4 Å². The summed E-state index contributed by atoms with van der Waals surface area (Å²) in [5.41, 5.74) is 2.25. The van der Waals surface area contributed by atoms with Crippen LogP contribution in [0.2, 0.25) is 0 Å². The number of ether oxygens (including phenoxy) is 4. The number of nitrogens with one attached hydrogen (secondary N) is 2. The number of hydrogen-bond donors (Lipinski definition) is 3. The topological polar surface area (TPSA) is 139 Å². The van der Waals surface area contributed by atoms with E-state index in [1.807, 2.05) is 75.4 Å². The van der Waals surface area contributed by atoms with Gasteiger partial charge in [-0.3, -0.25) is 0 Å². The van der Waals surface area contributed by atoms with Gasteiger partial charge in [0.15, 0.2) is 0 Å². The van der Waals surface area contributed by atoms with E-state index >= 15 is 0 Å². The lowest BCUT2D eigenvalue weighted by atomic mass is 10.0. The lowest BCUT2D eigenvalue weighted by Crippen LogP contribution is -2.55. The maximum Gasteiger partial charge on any atom is 0.410 e. The van der Waals surface area contributed by atoms with Crippen molar-refractivity contribution < 1.29 is 38.4 Å². The Hall–Kier alpha value is -3.87. The molecule has 0 saturated carbocycles. The maximum atomic E-state index is 13.0. The van der Waals surface area contributed by atoms with Gasteiger partial charge in [-0.25, -0.2) is 14.4 Å². The summed E-state index contributed by atoms with van der Waals surface area (Å²) in [5, 5.41) is 15.5. The van der Waals surface area contributed by atoms with Gasteiger partial charge in [0.1, 0.15) is 23.9 Å². The van der Waals surface area contributed by atoms with Crippen LogP contribution in [0.15, 0.2) is 54.6 Å². The van der Waals surface area contributed by atoms with Crippen molar-refractivity contribution in [3.63, 3.8) is 0 Å². The normalized spacial score (nSPS) is 20.5. The highest BCUT2D eigenvalue weighted by Crippen LogP contribution is 2.23. The van der Waals surface area contributed by atoms with Crippen molar-refractivity contribution in [3.05, 3.63) is 71.3 Å². The van der Waals surface area contributed by atoms with Crippen LogP contribution >= 0.6 is 0 Å².